The Morgan fingerprint density at radius 1 is 1.00 bits per heavy atom. The van der Waals surface area contributed by atoms with Crippen LogP contribution in [-0.4, -0.2) is 32.3 Å². The number of pyridine rings is 1. The average Bonchev–Trinajstić information content (AvgIpc) is 3.55. The standard InChI is InChI=1S/C27H21N3O5S2/c1-35-23-10-5-3-8-21(23)27(29-24(31)13-12-19-14-16-28-17-15-19)20-7-2-4-9-22(20)30(26(27)32)37(33,34)25-11-6-18-36-25/h2-18H,1H3,(H,29,31)/b13-12+. The number of nitrogens with zero attached hydrogens (tertiary/aromatic N) is 2. The molecule has 2 amide bonds. The first-order valence-corrected chi connectivity index (χ1v) is 13.5. The van der Waals surface area contributed by atoms with E-state index in [0.717, 1.165) is 21.2 Å². The fraction of sp³-hybridized carbons (Fsp3) is 0.0741. The van der Waals surface area contributed by atoms with Gasteiger partial charge in [-0.1, -0.05) is 42.5 Å². The molecular formula is C27H21N3O5S2. The number of nitrogens with one attached hydrogen (secondary N) is 1. The van der Waals surface area contributed by atoms with Crippen molar-refractivity contribution in [2.24, 2.45) is 0 Å². The molecule has 8 nitrogen and oxygen atoms in total. The number of fused-ring (bicyclic) bond motifs is 1. The minimum atomic E-state index is -4.26. The molecule has 4 aromatic rings. The number of ether oxygens (including phenoxy) is 1. The Bertz CT molecular complexity index is 1600. The van der Waals surface area contributed by atoms with Gasteiger partial charge in [0.2, 0.25) is 5.91 Å². The molecule has 0 saturated heterocycles. The van der Waals surface area contributed by atoms with Crippen LogP contribution in [0.1, 0.15) is 16.7 Å². The number of aromatic nitrogens is 1. The van der Waals surface area contributed by atoms with Crippen LogP contribution < -0.4 is 14.4 Å². The van der Waals surface area contributed by atoms with Gasteiger partial charge >= 0.3 is 0 Å². The van der Waals surface area contributed by atoms with Gasteiger partial charge in [0.15, 0.2) is 5.54 Å². The molecule has 0 fully saturated rings. The summed E-state index contributed by atoms with van der Waals surface area (Å²) in [4.78, 5) is 31.6. The molecule has 0 saturated carbocycles. The van der Waals surface area contributed by atoms with Crippen molar-refractivity contribution in [3.8, 4) is 5.75 Å². The molecule has 1 aliphatic rings. The van der Waals surface area contributed by atoms with Crippen molar-refractivity contribution in [3.05, 3.63) is 113 Å². The van der Waals surface area contributed by atoms with E-state index in [-0.39, 0.29) is 9.90 Å². The van der Waals surface area contributed by atoms with Gasteiger partial charge in [-0.25, -0.2) is 0 Å². The lowest BCUT2D eigenvalue weighted by Crippen LogP contribution is -2.54. The quantitative estimate of drug-likeness (QED) is 0.362. The molecule has 3 heterocycles. The number of sulfonamides is 1. The highest BCUT2D eigenvalue weighted by molar-refractivity contribution is 7.95. The summed E-state index contributed by atoms with van der Waals surface area (Å²) in [6.45, 7) is 0. The third-order valence-electron chi connectivity index (χ3n) is 5.98. The highest BCUT2D eigenvalue weighted by Crippen LogP contribution is 2.49. The summed E-state index contributed by atoms with van der Waals surface area (Å²) < 4.78 is 33.7. The van der Waals surface area contributed by atoms with Crippen LogP contribution in [0.15, 0.2) is 101 Å². The van der Waals surface area contributed by atoms with Crippen molar-refractivity contribution in [2.45, 2.75) is 9.75 Å². The van der Waals surface area contributed by atoms with Crippen molar-refractivity contribution in [3.63, 3.8) is 0 Å². The number of carbonyl (C=O) groups is 2. The van der Waals surface area contributed by atoms with E-state index in [2.05, 4.69) is 10.3 Å². The number of methoxy groups -OCH3 is 1. The van der Waals surface area contributed by atoms with Crippen LogP contribution in [0.5, 0.6) is 5.75 Å². The first kappa shape index (κ1) is 24.4. The zero-order valence-corrected chi connectivity index (χ0v) is 21.2. The molecule has 186 valence electrons. The Labute approximate surface area is 217 Å². The average molecular weight is 532 g/mol. The van der Waals surface area contributed by atoms with Gasteiger partial charge in [-0.2, -0.15) is 12.7 Å². The maximum Gasteiger partial charge on any atom is 0.280 e. The first-order chi connectivity index (χ1) is 17.9. The van der Waals surface area contributed by atoms with E-state index in [4.69, 9.17) is 4.74 Å². The largest absolute Gasteiger partial charge is 0.496 e. The van der Waals surface area contributed by atoms with Gasteiger partial charge in [-0.05, 0) is 47.4 Å². The van der Waals surface area contributed by atoms with Gasteiger partial charge < -0.3 is 10.1 Å². The second kappa shape index (κ2) is 9.64. The van der Waals surface area contributed by atoms with E-state index in [1.54, 1.807) is 90.6 Å². The predicted octanol–water partition coefficient (Wildman–Crippen LogP) is 3.96. The SMILES string of the molecule is COc1ccccc1C1(NC(=O)/C=C/c2ccncc2)C(=O)N(S(=O)(=O)c2cccs2)c2ccccc21. The summed E-state index contributed by atoms with van der Waals surface area (Å²) in [6, 6.07) is 19.7. The molecule has 10 heteroatoms. The number of amides is 2. The number of rotatable bonds is 7. The molecule has 1 aliphatic heterocycles. The molecule has 1 N–H and O–H groups in total. The van der Waals surface area contributed by atoms with Gasteiger partial charge in [-0.3, -0.25) is 14.6 Å². The summed E-state index contributed by atoms with van der Waals surface area (Å²) >= 11 is 1.01. The van der Waals surface area contributed by atoms with Crippen LogP contribution in [0.2, 0.25) is 0 Å². The van der Waals surface area contributed by atoms with E-state index >= 15 is 0 Å². The Kier molecular flexibility index (Phi) is 6.36. The van der Waals surface area contributed by atoms with E-state index < -0.39 is 27.4 Å². The fourth-order valence-corrected chi connectivity index (χ4v) is 6.89. The zero-order valence-electron chi connectivity index (χ0n) is 19.6. The van der Waals surface area contributed by atoms with Gasteiger partial charge in [-0.15, -0.1) is 11.3 Å². The van der Waals surface area contributed by atoms with Crippen molar-refractivity contribution in [1.82, 2.24) is 10.3 Å². The molecule has 0 spiro atoms. The van der Waals surface area contributed by atoms with Crippen LogP contribution in [0.25, 0.3) is 6.08 Å². The molecule has 1 unspecified atom stereocenters. The smallest absolute Gasteiger partial charge is 0.280 e. The molecule has 0 aliphatic carbocycles. The summed E-state index contributed by atoms with van der Waals surface area (Å²) in [5, 5.41) is 4.46. The number of hydrogen-bond donors (Lipinski definition) is 1. The van der Waals surface area contributed by atoms with Crippen molar-refractivity contribution >= 4 is 44.9 Å². The lowest BCUT2D eigenvalue weighted by molar-refractivity contribution is -0.127. The predicted molar refractivity (Wildman–Crippen MR) is 141 cm³/mol. The van der Waals surface area contributed by atoms with E-state index in [9.17, 15) is 18.0 Å². The Hall–Kier alpha value is -4.28. The highest BCUT2D eigenvalue weighted by Gasteiger charge is 2.58. The number of hydrogen-bond acceptors (Lipinski definition) is 7. The highest BCUT2D eigenvalue weighted by atomic mass is 32.2. The maximum absolute atomic E-state index is 14.4. The summed E-state index contributed by atoms with van der Waals surface area (Å²) in [6.07, 6.45) is 6.06. The second-order valence-corrected chi connectivity index (χ2v) is 11.0. The minimum Gasteiger partial charge on any atom is -0.496 e. The third-order valence-corrected chi connectivity index (χ3v) is 9.05. The maximum atomic E-state index is 14.4. The van der Waals surface area contributed by atoms with Gasteiger partial charge in [0, 0.05) is 29.6 Å². The molecular weight excluding hydrogens is 510 g/mol. The van der Waals surface area contributed by atoms with Gasteiger partial charge in [0.25, 0.3) is 15.9 Å². The second-order valence-electron chi connectivity index (χ2n) is 8.08. The van der Waals surface area contributed by atoms with Crippen LogP contribution in [0.3, 0.4) is 0 Å². The van der Waals surface area contributed by atoms with Gasteiger partial charge in [0.1, 0.15) is 9.96 Å². The van der Waals surface area contributed by atoms with Crippen LogP contribution in [0.4, 0.5) is 5.69 Å². The van der Waals surface area contributed by atoms with Crippen molar-refractivity contribution in [2.75, 3.05) is 11.4 Å². The van der Waals surface area contributed by atoms with E-state index in [1.807, 2.05) is 0 Å². The minimum absolute atomic E-state index is 0.00962. The monoisotopic (exact) mass is 531 g/mol. The number of anilines is 1. The zero-order chi connectivity index (χ0) is 26.0. The number of benzene rings is 2. The molecule has 2 aromatic carbocycles. The summed E-state index contributed by atoms with van der Waals surface area (Å²) in [5.74, 6) is -1.11. The number of para-hydroxylation sites is 2. The van der Waals surface area contributed by atoms with Gasteiger partial charge in [0.05, 0.1) is 12.8 Å². The Balaban J connectivity index is 1.70. The first-order valence-electron chi connectivity index (χ1n) is 11.2. The Morgan fingerprint density at radius 2 is 1.70 bits per heavy atom. The third kappa shape index (κ3) is 4.09. The molecule has 0 radical (unpaired) electrons. The van der Waals surface area contributed by atoms with Crippen LogP contribution >= 0.6 is 11.3 Å². The fourth-order valence-electron chi connectivity index (χ4n) is 4.36. The topological polar surface area (TPSA) is 106 Å². The molecule has 0 bridgehead atoms. The van der Waals surface area contributed by atoms with Crippen LogP contribution in [0, 0.1) is 0 Å². The Morgan fingerprint density at radius 3 is 2.41 bits per heavy atom. The summed E-state index contributed by atoms with van der Waals surface area (Å²) in [5.41, 5.74) is -0.353. The molecule has 1 atom stereocenters. The molecule has 37 heavy (non-hydrogen) atoms. The molecule has 5 rings (SSSR count). The van der Waals surface area contributed by atoms with Crippen molar-refractivity contribution in [1.29, 1.82) is 0 Å². The molecule has 2 aromatic heterocycles. The normalized spacial score (nSPS) is 17.1. The summed E-state index contributed by atoms with van der Waals surface area (Å²) in [7, 11) is -2.81. The van der Waals surface area contributed by atoms with E-state index in [1.165, 1.54) is 19.3 Å². The lowest BCUT2D eigenvalue weighted by Gasteiger charge is -2.31. The van der Waals surface area contributed by atoms with E-state index in [0.29, 0.717) is 16.9 Å². The number of carbonyl (C=O) groups excluding carboxylic acids is 2. The van der Waals surface area contributed by atoms with Crippen molar-refractivity contribution < 1.29 is 22.7 Å². The van der Waals surface area contributed by atoms with Crippen LogP contribution in [-0.2, 0) is 25.2 Å². The lowest BCUT2D eigenvalue weighted by atomic mass is 9.83. The number of thiophene rings is 1.